The smallest absolute Gasteiger partial charge is 0.253 e. The first kappa shape index (κ1) is 18.3. The molecule has 0 bridgehead atoms. The third kappa shape index (κ3) is 3.42. The van der Waals surface area contributed by atoms with Crippen LogP contribution in [0.15, 0.2) is 24.3 Å². The van der Waals surface area contributed by atoms with Gasteiger partial charge in [-0.15, -0.1) is 11.3 Å². The molecule has 6 heteroatoms. The predicted molar refractivity (Wildman–Crippen MR) is 106 cm³/mol. The number of hydrogen-bond acceptors (Lipinski definition) is 4. The lowest BCUT2D eigenvalue weighted by Gasteiger charge is -2.18. The average Bonchev–Trinajstić information content (AvgIpc) is 3.07. The van der Waals surface area contributed by atoms with E-state index in [0.29, 0.717) is 12.1 Å². The second kappa shape index (κ2) is 7.03. The molecule has 0 N–H and O–H groups in total. The van der Waals surface area contributed by atoms with Crippen molar-refractivity contribution in [1.29, 1.82) is 0 Å². The molecule has 0 aliphatic heterocycles. The molecule has 26 heavy (non-hydrogen) atoms. The quantitative estimate of drug-likeness (QED) is 0.698. The molecular weight excluding hydrogens is 344 g/mol. The first-order chi connectivity index (χ1) is 12.3. The third-order valence-electron chi connectivity index (χ3n) is 4.70. The average molecular weight is 369 g/mol. The van der Waals surface area contributed by atoms with Gasteiger partial charge < -0.3 is 4.90 Å². The zero-order chi connectivity index (χ0) is 19.0. The minimum absolute atomic E-state index is 0.0106. The molecule has 3 rings (SSSR count). The Morgan fingerprint density at radius 3 is 2.27 bits per heavy atom. The molecular formula is C20H24N4OS. The Kier molecular flexibility index (Phi) is 4.96. The first-order valence-corrected chi connectivity index (χ1v) is 9.38. The van der Waals surface area contributed by atoms with Gasteiger partial charge in [-0.3, -0.25) is 9.48 Å². The van der Waals surface area contributed by atoms with Gasteiger partial charge in [0.05, 0.1) is 21.3 Å². The van der Waals surface area contributed by atoms with Crippen LogP contribution in [0, 0.1) is 27.7 Å². The van der Waals surface area contributed by atoms with Crippen molar-refractivity contribution in [2.45, 2.75) is 34.2 Å². The molecule has 1 aromatic carbocycles. The summed E-state index contributed by atoms with van der Waals surface area (Å²) in [5.41, 5.74) is 5.99. The molecule has 0 radical (unpaired) electrons. The molecule has 136 valence electrons. The molecule has 2 heterocycles. The molecule has 0 saturated heterocycles. The van der Waals surface area contributed by atoms with Gasteiger partial charge in [-0.05, 0) is 45.4 Å². The molecule has 0 atom stereocenters. The number of aromatic nitrogens is 3. The van der Waals surface area contributed by atoms with Crippen LogP contribution in [0.3, 0.4) is 0 Å². The standard InChI is InChI=1S/C20H24N4OS/c1-12-18(14(3)24(6)22-12)11-23(5)20(25)17-9-7-16(8-10-17)19-13(2)21-15(4)26-19/h7-10H,11H2,1-6H3. The van der Waals surface area contributed by atoms with Gasteiger partial charge in [0.15, 0.2) is 0 Å². The van der Waals surface area contributed by atoms with Gasteiger partial charge in [0.2, 0.25) is 0 Å². The van der Waals surface area contributed by atoms with Gasteiger partial charge in [-0.1, -0.05) is 12.1 Å². The predicted octanol–water partition coefficient (Wildman–Crippen LogP) is 4.05. The van der Waals surface area contributed by atoms with E-state index in [1.807, 2.05) is 70.7 Å². The summed E-state index contributed by atoms with van der Waals surface area (Å²) in [6.45, 7) is 8.59. The summed E-state index contributed by atoms with van der Waals surface area (Å²) in [5, 5.41) is 5.48. The monoisotopic (exact) mass is 368 g/mol. The van der Waals surface area contributed by atoms with Crippen molar-refractivity contribution >= 4 is 17.2 Å². The molecule has 0 spiro atoms. The topological polar surface area (TPSA) is 51.0 Å². The van der Waals surface area contributed by atoms with Crippen molar-refractivity contribution in [2.24, 2.45) is 7.05 Å². The lowest BCUT2D eigenvalue weighted by molar-refractivity contribution is 0.0784. The number of benzene rings is 1. The number of carbonyl (C=O) groups excluding carboxylic acids is 1. The summed E-state index contributed by atoms with van der Waals surface area (Å²) < 4.78 is 1.86. The molecule has 5 nitrogen and oxygen atoms in total. The van der Waals surface area contributed by atoms with Crippen LogP contribution in [0.1, 0.15) is 38.0 Å². The Hall–Kier alpha value is -2.47. The van der Waals surface area contributed by atoms with Gasteiger partial charge in [-0.2, -0.15) is 5.10 Å². The first-order valence-electron chi connectivity index (χ1n) is 8.57. The highest BCUT2D eigenvalue weighted by atomic mass is 32.1. The third-order valence-corrected chi connectivity index (χ3v) is 5.82. The molecule has 0 fully saturated rings. The normalized spacial score (nSPS) is 11.0. The van der Waals surface area contributed by atoms with Crippen LogP contribution in [0.4, 0.5) is 0 Å². The van der Waals surface area contributed by atoms with E-state index in [1.54, 1.807) is 16.2 Å². The lowest BCUT2D eigenvalue weighted by Crippen LogP contribution is -2.26. The summed E-state index contributed by atoms with van der Waals surface area (Å²) >= 11 is 1.68. The maximum Gasteiger partial charge on any atom is 0.253 e. The summed E-state index contributed by atoms with van der Waals surface area (Å²) in [7, 11) is 3.76. The van der Waals surface area contributed by atoms with E-state index >= 15 is 0 Å². The summed E-state index contributed by atoms with van der Waals surface area (Å²) in [4.78, 5) is 20.2. The second-order valence-electron chi connectivity index (χ2n) is 6.66. The number of amides is 1. The van der Waals surface area contributed by atoms with Crippen LogP contribution >= 0.6 is 11.3 Å². The van der Waals surface area contributed by atoms with E-state index in [9.17, 15) is 4.79 Å². The van der Waals surface area contributed by atoms with Crippen molar-refractivity contribution < 1.29 is 4.79 Å². The fourth-order valence-corrected chi connectivity index (χ4v) is 4.06. The maximum atomic E-state index is 12.8. The Morgan fingerprint density at radius 1 is 1.12 bits per heavy atom. The zero-order valence-corrected chi connectivity index (χ0v) is 16.9. The molecule has 0 aliphatic carbocycles. The summed E-state index contributed by atoms with van der Waals surface area (Å²) in [6, 6.07) is 7.79. The highest BCUT2D eigenvalue weighted by Crippen LogP contribution is 2.30. The van der Waals surface area contributed by atoms with Crippen LogP contribution in [-0.4, -0.2) is 32.6 Å². The van der Waals surface area contributed by atoms with E-state index in [4.69, 9.17) is 0 Å². The molecule has 0 saturated carbocycles. The highest BCUT2D eigenvalue weighted by Gasteiger charge is 2.17. The molecule has 2 aromatic heterocycles. The molecule has 0 aliphatic rings. The fraction of sp³-hybridized carbons (Fsp3) is 0.350. The van der Waals surface area contributed by atoms with Crippen molar-refractivity contribution in [3.05, 3.63) is 57.5 Å². The molecule has 0 unspecified atom stereocenters. The van der Waals surface area contributed by atoms with Crippen LogP contribution in [0.2, 0.25) is 0 Å². The minimum atomic E-state index is 0.0106. The number of carbonyl (C=O) groups is 1. The Balaban J connectivity index is 1.78. The zero-order valence-electron chi connectivity index (χ0n) is 16.1. The van der Waals surface area contributed by atoms with E-state index in [-0.39, 0.29) is 5.91 Å². The van der Waals surface area contributed by atoms with Crippen molar-refractivity contribution in [2.75, 3.05) is 7.05 Å². The van der Waals surface area contributed by atoms with Gasteiger partial charge in [0, 0.05) is 37.5 Å². The van der Waals surface area contributed by atoms with Gasteiger partial charge in [0.1, 0.15) is 0 Å². The summed E-state index contributed by atoms with van der Waals surface area (Å²) in [6.07, 6.45) is 0. The minimum Gasteiger partial charge on any atom is -0.337 e. The number of hydrogen-bond donors (Lipinski definition) is 0. The molecule has 3 aromatic rings. The van der Waals surface area contributed by atoms with Gasteiger partial charge in [0.25, 0.3) is 5.91 Å². The van der Waals surface area contributed by atoms with Gasteiger partial charge >= 0.3 is 0 Å². The maximum absolute atomic E-state index is 12.8. The van der Waals surface area contributed by atoms with Crippen LogP contribution < -0.4 is 0 Å². The van der Waals surface area contributed by atoms with Crippen LogP contribution in [0.25, 0.3) is 10.4 Å². The SMILES string of the molecule is Cc1nc(C)c(-c2ccc(C(=O)N(C)Cc3c(C)nn(C)c3C)cc2)s1. The van der Waals surface area contributed by atoms with E-state index in [2.05, 4.69) is 10.1 Å². The van der Waals surface area contributed by atoms with Crippen LogP contribution in [-0.2, 0) is 13.6 Å². The number of aryl methyl sites for hydroxylation is 4. The van der Waals surface area contributed by atoms with Crippen molar-refractivity contribution in [1.82, 2.24) is 19.7 Å². The van der Waals surface area contributed by atoms with E-state index in [0.717, 1.165) is 38.1 Å². The van der Waals surface area contributed by atoms with Gasteiger partial charge in [-0.25, -0.2) is 4.98 Å². The van der Waals surface area contributed by atoms with E-state index < -0.39 is 0 Å². The highest BCUT2D eigenvalue weighted by molar-refractivity contribution is 7.15. The summed E-state index contributed by atoms with van der Waals surface area (Å²) in [5.74, 6) is 0.0106. The number of rotatable bonds is 4. The Labute approximate surface area is 158 Å². The molecule has 1 amide bonds. The second-order valence-corrected chi connectivity index (χ2v) is 7.86. The lowest BCUT2D eigenvalue weighted by atomic mass is 10.1. The fourth-order valence-electron chi connectivity index (χ4n) is 3.14. The Bertz CT molecular complexity index is 953. The van der Waals surface area contributed by atoms with Crippen molar-refractivity contribution in [3.8, 4) is 10.4 Å². The Morgan fingerprint density at radius 2 is 1.77 bits per heavy atom. The van der Waals surface area contributed by atoms with E-state index in [1.165, 1.54) is 0 Å². The number of thiazole rings is 1. The van der Waals surface area contributed by atoms with Crippen LogP contribution in [0.5, 0.6) is 0 Å². The van der Waals surface area contributed by atoms with Crippen molar-refractivity contribution in [3.63, 3.8) is 0 Å². The number of nitrogens with zero attached hydrogens (tertiary/aromatic N) is 4. The largest absolute Gasteiger partial charge is 0.337 e.